The highest BCUT2D eigenvalue weighted by Crippen LogP contribution is 2.28. The standard InChI is InChI=1S/C15H14BrNO2/c1-2-5-11-6-3-4-7-14(11)19-15-12(10-18)8-13(16)9-17-15/h2-9,18H,10H2,1H3. The third kappa shape index (κ3) is 3.43. The molecule has 0 aliphatic rings. The fourth-order valence-corrected chi connectivity index (χ4v) is 2.05. The molecule has 0 bridgehead atoms. The first kappa shape index (κ1) is 13.8. The van der Waals surface area contributed by atoms with Crippen molar-refractivity contribution in [2.45, 2.75) is 13.5 Å². The molecule has 0 spiro atoms. The molecule has 4 heteroatoms. The van der Waals surface area contributed by atoms with Crippen molar-refractivity contribution < 1.29 is 9.84 Å². The van der Waals surface area contributed by atoms with Crippen molar-refractivity contribution in [1.82, 2.24) is 4.98 Å². The van der Waals surface area contributed by atoms with Gasteiger partial charge in [0.2, 0.25) is 5.88 Å². The van der Waals surface area contributed by atoms with Gasteiger partial charge in [-0.2, -0.15) is 0 Å². The largest absolute Gasteiger partial charge is 0.438 e. The lowest BCUT2D eigenvalue weighted by atomic mass is 10.2. The zero-order valence-corrected chi connectivity index (χ0v) is 12.1. The summed E-state index contributed by atoms with van der Waals surface area (Å²) in [6.45, 7) is 1.83. The summed E-state index contributed by atoms with van der Waals surface area (Å²) in [7, 11) is 0. The molecule has 98 valence electrons. The molecule has 2 rings (SSSR count). The Morgan fingerprint density at radius 3 is 2.89 bits per heavy atom. The highest BCUT2D eigenvalue weighted by Gasteiger charge is 2.08. The van der Waals surface area contributed by atoms with Crippen LogP contribution in [0.1, 0.15) is 18.1 Å². The summed E-state index contributed by atoms with van der Waals surface area (Å²) in [6.07, 6.45) is 5.56. The molecule has 3 nitrogen and oxygen atoms in total. The van der Waals surface area contributed by atoms with Gasteiger partial charge in [0.25, 0.3) is 0 Å². The average Bonchev–Trinajstić information content (AvgIpc) is 2.43. The highest BCUT2D eigenvalue weighted by atomic mass is 79.9. The molecule has 1 N–H and O–H groups in total. The molecule has 0 saturated carbocycles. The van der Waals surface area contributed by atoms with Crippen molar-refractivity contribution in [3.63, 3.8) is 0 Å². The molecular formula is C15H14BrNO2. The predicted octanol–water partition coefficient (Wildman–Crippen LogP) is 4.16. The van der Waals surface area contributed by atoms with E-state index in [0.717, 1.165) is 10.0 Å². The smallest absolute Gasteiger partial charge is 0.224 e. The van der Waals surface area contributed by atoms with E-state index in [4.69, 9.17) is 4.74 Å². The lowest BCUT2D eigenvalue weighted by Crippen LogP contribution is -1.96. The number of ether oxygens (including phenoxy) is 1. The van der Waals surface area contributed by atoms with Gasteiger partial charge in [-0.1, -0.05) is 30.4 Å². The van der Waals surface area contributed by atoms with Crippen LogP contribution < -0.4 is 4.74 Å². The van der Waals surface area contributed by atoms with E-state index >= 15 is 0 Å². The Morgan fingerprint density at radius 1 is 1.37 bits per heavy atom. The van der Waals surface area contributed by atoms with E-state index in [2.05, 4.69) is 20.9 Å². The summed E-state index contributed by atoms with van der Waals surface area (Å²) in [5, 5.41) is 9.34. The van der Waals surface area contributed by atoms with Crippen LogP contribution in [-0.2, 0) is 6.61 Å². The number of para-hydroxylation sites is 1. The topological polar surface area (TPSA) is 42.4 Å². The number of aromatic nitrogens is 1. The van der Waals surface area contributed by atoms with Gasteiger partial charge in [-0.25, -0.2) is 4.98 Å². The average molecular weight is 320 g/mol. The first-order valence-electron chi connectivity index (χ1n) is 5.89. The van der Waals surface area contributed by atoms with Crippen LogP contribution in [0.2, 0.25) is 0 Å². The summed E-state index contributed by atoms with van der Waals surface area (Å²) in [5.41, 5.74) is 1.61. The van der Waals surface area contributed by atoms with Crippen molar-refractivity contribution in [2.75, 3.05) is 0 Å². The van der Waals surface area contributed by atoms with Gasteiger partial charge in [0.05, 0.1) is 6.61 Å². The number of aliphatic hydroxyl groups excluding tert-OH is 1. The van der Waals surface area contributed by atoms with Gasteiger partial charge < -0.3 is 9.84 Å². The van der Waals surface area contributed by atoms with Gasteiger partial charge in [0, 0.05) is 21.8 Å². The minimum absolute atomic E-state index is 0.118. The predicted molar refractivity (Wildman–Crippen MR) is 79.1 cm³/mol. The zero-order valence-electron chi connectivity index (χ0n) is 10.5. The van der Waals surface area contributed by atoms with Crippen LogP contribution in [0.15, 0.2) is 47.1 Å². The molecule has 0 saturated heterocycles. The minimum atomic E-state index is -0.118. The van der Waals surface area contributed by atoms with Crippen molar-refractivity contribution in [3.05, 3.63) is 58.2 Å². The molecule has 1 heterocycles. The molecule has 0 unspecified atom stereocenters. The minimum Gasteiger partial charge on any atom is -0.438 e. The van der Waals surface area contributed by atoms with Crippen LogP contribution in [0.25, 0.3) is 6.08 Å². The monoisotopic (exact) mass is 319 g/mol. The summed E-state index contributed by atoms with van der Waals surface area (Å²) >= 11 is 3.32. The van der Waals surface area contributed by atoms with Gasteiger partial charge in [-0.15, -0.1) is 0 Å². The Balaban J connectivity index is 2.36. The fourth-order valence-electron chi connectivity index (χ4n) is 1.67. The maximum atomic E-state index is 9.34. The molecule has 0 radical (unpaired) electrons. The van der Waals surface area contributed by atoms with E-state index in [1.54, 1.807) is 12.3 Å². The van der Waals surface area contributed by atoms with Crippen molar-refractivity contribution >= 4 is 22.0 Å². The third-order valence-corrected chi connectivity index (χ3v) is 2.97. The second kappa shape index (κ2) is 6.50. The second-order valence-corrected chi connectivity index (χ2v) is 4.83. The quantitative estimate of drug-likeness (QED) is 0.920. The molecule has 0 amide bonds. The first-order chi connectivity index (χ1) is 9.24. The number of nitrogens with zero attached hydrogens (tertiary/aromatic N) is 1. The number of hydrogen-bond donors (Lipinski definition) is 1. The molecule has 1 aromatic carbocycles. The van der Waals surface area contributed by atoms with E-state index in [1.807, 2.05) is 43.3 Å². The maximum Gasteiger partial charge on any atom is 0.224 e. The van der Waals surface area contributed by atoms with Crippen LogP contribution >= 0.6 is 15.9 Å². The van der Waals surface area contributed by atoms with Crippen LogP contribution in [0.3, 0.4) is 0 Å². The van der Waals surface area contributed by atoms with E-state index in [9.17, 15) is 5.11 Å². The number of hydrogen-bond acceptors (Lipinski definition) is 3. The van der Waals surface area contributed by atoms with Gasteiger partial charge in [-0.3, -0.25) is 0 Å². The zero-order chi connectivity index (χ0) is 13.7. The number of benzene rings is 1. The van der Waals surface area contributed by atoms with Gasteiger partial charge in [0.15, 0.2) is 0 Å². The van der Waals surface area contributed by atoms with Crippen LogP contribution in [0.4, 0.5) is 0 Å². The van der Waals surface area contributed by atoms with Crippen LogP contribution in [-0.4, -0.2) is 10.1 Å². The van der Waals surface area contributed by atoms with Gasteiger partial charge in [0.1, 0.15) is 5.75 Å². The summed E-state index contributed by atoms with van der Waals surface area (Å²) < 4.78 is 6.61. The lowest BCUT2D eigenvalue weighted by molar-refractivity contribution is 0.275. The second-order valence-electron chi connectivity index (χ2n) is 3.92. The molecule has 2 aromatic rings. The third-order valence-electron chi connectivity index (χ3n) is 2.53. The van der Waals surface area contributed by atoms with Crippen molar-refractivity contribution in [2.24, 2.45) is 0 Å². The van der Waals surface area contributed by atoms with Crippen LogP contribution in [0, 0.1) is 0 Å². The van der Waals surface area contributed by atoms with E-state index in [1.165, 1.54) is 0 Å². The summed E-state index contributed by atoms with van der Waals surface area (Å²) in [4.78, 5) is 4.19. The molecule has 0 fully saturated rings. The number of aliphatic hydroxyl groups is 1. The molecule has 1 aromatic heterocycles. The summed E-state index contributed by atoms with van der Waals surface area (Å²) in [5.74, 6) is 1.13. The number of rotatable bonds is 4. The lowest BCUT2D eigenvalue weighted by Gasteiger charge is -2.11. The SMILES string of the molecule is CC=Cc1ccccc1Oc1ncc(Br)cc1CO. The highest BCUT2D eigenvalue weighted by molar-refractivity contribution is 9.10. The van der Waals surface area contributed by atoms with E-state index < -0.39 is 0 Å². The van der Waals surface area contributed by atoms with E-state index in [-0.39, 0.29) is 6.61 Å². The fraction of sp³-hybridized carbons (Fsp3) is 0.133. The Morgan fingerprint density at radius 2 is 2.16 bits per heavy atom. The number of halogens is 1. The molecular weight excluding hydrogens is 306 g/mol. The number of pyridine rings is 1. The molecule has 0 atom stereocenters. The Kier molecular flexibility index (Phi) is 4.71. The first-order valence-corrected chi connectivity index (χ1v) is 6.68. The van der Waals surface area contributed by atoms with Crippen LogP contribution in [0.5, 0.6) is 11.6 Å². The molecule has 19 heavy (non-hydrogen) atoms. The van der Waals surface area contributed by atoms with Crippen molar-refractivity contribution in [3.8, 4) is 11.6 Å². The van der Waals surface area contributed by atoms with Gasteiger partial charge in [-0.05, 0) is 35.0 Å². The normalized spacial score (nSPS) is 10.9. The van der Waals surface area contributed by atoms with Crippen molar-refractivity contribution in [1.29, 1.82) is 0 Å². The molecule has 0 aliphatic carbocycles. The Labute approximate surface area is 120 Å². The summed E-state index contributed by atoms with van der Waals surface area (Å²) in [6, 6.07) is 9.48. The Bertz CT molecular complexity index is 596. The van der Waals surface area contributed by atoms with E-state index in [0.29, 0.717) is 17.2 Å². The number of allylic oxidation sites excluding steroid dienone is 1. The van der Waals surface area contributed by atoms with Gasteiger partial charge >= 0.3 is 0 Å². The Hall–Kier alpha value is -1.65. The molecule has 0 aliphatic heterocycles. The maximum absolute atomic E-state index is 9.34.